The molecular formula is C22H23N5O3. The van der Waals surface area contributed by atoms with Crippen molar-refractivity contribution in [1.82, 2.24) is 24.9 Å². The lowest BCUT2D eigenvalue weighted by atomic mass is 10.1. The SMILES string of the molecule is O=C(c1ccccc1-n1nccn1)N1CCCC(Oc2cc(OC3CC3)ccn2)C1. The second-order valence-corrected chi connectivity index (χ2v) is 7.62. The number of hydrogen-bond acceptors (Lipinski definition) is 6. The maximum absolute atomic E-state index is 13.3. The van der Waals surface area contributed by atoms with Crippen LogP contribution in [0.5, 0.6) is 11.6 Å². The van der Waals surface area contributed by atoms with Gasteiger partial charge in [-0.05, 0) is 43.9 Å². The van der Waals surface area contributed by atoms with Crippen LogP contribution in [0.15, 0.2) is 55.0 Å². The molecule has 2 aliphatic rings. The molecule has 1 aliphatic heterocycles. The zero-order valence-electron chi connectivity index (χ0n) is 16.6. The molecule has 0 bridgehead atoms. The Kier molecular flexibility index (Phi) is 5.04. The molecule has 2 fully saturated rings. The van der Waals surface area contributed by atoms with Crippen LogP contribution in [-0.4, -0.2) is 56.1 Å². The van der Waals surface area contributed by atoms with Crippen LogP contribution in [0.3, 0.4) is 0 Å². The van der Waals surface area contributed by atoms with E-state index >= 15 is 0 Å². The monoisotopic (exact) mass is 405 g/mol. The highest BCUT2D eigenvalue weighted by Gasteiger charge is 2.28. The molecular weight excluding hydrogens is 382 g/mol. The predicted octanol–water partition coefficient (Wildman–Crippen LogP) is 2.89. The van der Waals surface area contributed by atoms with E-state index in [4.69, 9.17) is 9.47 Å². The van der Waals surface area contributed by atoms with Crippen LogP contribution in [0, 0.1) is 0 Å². The molecule has 154 valence electrons. The standard InChI is InChI=1S/C22H23N5O3/c28-22(19-5-1-2-6-20(19)27-24-11-12-25-27)26-13-3-4-18(15-26)30-21-14-17(9-10-23-21)29-16-7-8-16/h1-2,5-6,9-12,14,16,18H,3-4,7-8,13,15H2. The molecule has 1 saturated heterocycles. The van der Waals surface area contributed by atoms with Gasteiger partial charge in [-0.2, -0.15) is 15.0 Å². The number of aromatic nitrogens is 4. The van der Waals surface area contributed by atoms with E-state index in [1.165, 1.54) is 4.80 Å². The molecule has 2 aromatic heterocycles. The van der Waals surface area contributed by atoms with E-state index in [0.29, 0.717) is 36.3 Å². The molecule has 1 aliphatic carbocycles. The lowest BCUT2D eigenvalue weighted by Crippen LogP contribution is -2.44. The zero-order valence-corrected chi connectivity index (χ0v) is 16.6. The summed E-state index contributed by atoms with van der Waals surface area (Å²) < 4.78 is 11.9. The van der Waals surface area contributed by atoms with Crippen molar-refractivity contribution in [3.8, 4) is 17.3 Å². The quantitative estimate of drug-likeness (QED) is 0.627. The van der Waals surface area contributed by atoms with Gasteiger partial charge in [0, 0.05) is 18.8 Å². The molecule has 3 heterocycles. The topological polar surface area (TPSA) is 82.4 Å². The first kappa shape index (κ1) is 18.6. The third-order valence-corrected chi connectivity index (χ3v) is 5.25. The maximum Gasteiger partial charge on any atom is 0.256 e. The van der Waals surface area contributed by atoms with Gasteiger partial charge in [0.05, 0.1) is 36.3 Å². The van der Waals surface area contributed by atoms with Crippen molar-refractivity contribution < 1.29 is 14.3 Å². The number of benzene rings is 1. The fourth-order valence-corrected chi connectivity index (χ4v) is 3.64. The Morgan fingerprint density at radius 2 is 1.80 bits per heavy atom. The second-order valence-electron chi connectivity index (χ2n) is 7.62. The number of rotatable bonds is 6. The third-order valence-electron chi connectivity index (χ3n) is 5.25. The molecule has 30 heavy (non-hydrogen) atoms. The van der Waals surface area contributed by atoms with Gasteiger partial charge in [0.25, 0.3) is 5.91 Å². The summed E-state index contributed by atoms with van der Waals surface area (Å²) in [7, 11) is 0. The number of pyridine rings is 1. The van der Waals surface area contributed by atoms with E-state index in [-0.39, 0.29) is 12.0 Å². The van der Waals surface area contributed by atoms with Crippen molar-refractivity contribution >= 4 is 5.91 Å². The number of hydrogen-bond donors (Lipinski definition) is 0. The summed E-state index contributed by atoms with van der Waals surface area (Å²) in [5, 5.41) is 8.34. The number of likely N-dealkylation sites (tertiary alicyclic amines) is 1. The minimum atomic E-state index is -0.110. The summed E-state index contributed by atoms with van der Waals surface area (Å²) in [6, 6.07) is 11.1. The van der Waals surface area contributed by atoms with Gasteiger partial charge >= 0.3 is 0 Å². The summed E-state index contributed by atoms with van der Waals surface area (Å²) in [6.07, 6.45) is 9.07. The highest BCUT2D eigenvalue weighted by molar-refractivity contribution is 5.97. The lowest BCUT2D eigenvalue weighted by molar-refractivity contribution is 0.0526. The summed E-state index contributed by atoms with van der Waals surface area (Å²) in [5.74, 6) is 1.27. The number of ether oxygens (including phenoxy) is 2. The fraction of sp³-hybridized carbons (Fsp3) is 0.364. The minimum Gasteiger partial charge on any atom is -0.490 e. The molecule has 1 atom stereocenters. The van der Waals surface area contributed by atoms with Crippen molar-refractivity contribution in [3.63, 3.8) is 0 Å². The van der Waals surface area contributed by atoms with Gasteiger partial charge < -0.3 is 14.4 Å². The van der Waals surface area contributed by atoms with Crippen LogP contribution < -0.4 is 9.47 Å². The van der Waals surface area contributed by atoms with E-state index in [9.17, 15) is 4.79 Å². The van der Waals surface area contributed by atoms with Gasteiger partial charge in [-0.15, -0.1) is 0 Å². The maximum atomic E-state index is 13.3. The zero-order chi connectivity index (χ0) is 20.3. The van der Waals surface area contributed by atoms with Crippen molar-refractivity contribution in [2.24, 2.45) is 0 Å². The first-order valence-corrected chi connectivity index (χ1v) is 10.3. The first-order chi connectivity index (χ1) is 14.8. The molecule has 5 rings (SSSR count). The molecule has 0 radical (unpaired) electrons. The fourth-order valence-electron chi connectivity index (χ4n) is 3.64. The number of amides is 1. The molecule has 0 spiro atoms. The normalized spacial score (nSPS) is 18.8. The molecule has 1 unspecified atom stereocenters. The van der Waals surface area contributed by atoms with Crippen molar-refractivity contribution in [3.05, 3.63) is 60.6 Å². The predicted molar refractivity (Wildman–Crippen MR) is 109 cm³/mol. The Morgan fingerprint density at radius 3 is 2.63 bits per heavy atom. The molecule has 1 saturated carbocycles. The van der Waals surface area contributed by atoms with Gasteiger partial charge in [-0.1, -0.05) is 12.1 Å². The Morgan fingerprint density at radius 1 is 0.967 bits per heavy atom. The number of carbonyl (C=O) groups excluding carboxylic acids is 1. The molecule has 8 heteroatoms. The number of carbonyl (C=O) groups is 1. The summed E-state index contributed by atoms with van der Waals surface area (Å²) in [6.45, 7) is 1.20. The van der Waals surface area contributed by atoms with Gasteiger partial charge in [-0.25, -0.2) is 4.98 Å². The summed E-state index contributed by atoms with van der Waals surface area (Å²) in [5.41, 5.74) is 1.24. The van der Waals surface area contributed by atoms with E-state index in [1.54, 1.807) is 18.6 Å². The highest BCUT2D eigenvalue weighted by atomic mass is 16.5. The van der Waals surface area contributed by atoms with E-state index < -0.39 is 0 Å². The van der Waals surface area contributed by atoms with Crippen LogP contribution in [0.4, 0.5) is 0 Å². The Balaban J connectivity index is 1.28. The number of para-hydroxylation sites is 1. The average molecular weight is 405 g/mol. The van der Waals surface area contributed by atoms with Gasteiger partial charge in [0.1, 0.15) is 11.9 Å². The average Bonchev–Trinajstić information content (AvgIpc) is 3.42. The third kappa shape index (κ3) is 4.12. The molecule has 1 amide bonds. The number of nitrogens with zero attached hydrogens (tertiary/aromatic N) is 5. The molecule has 0 N–H and O–H groups in total. The van der Waals surface area contributed by atoms with Crippen molar-refractivity contribution in [2.45, 2.75) is 37.9 Å². The summed E-state index contributed by atoms with van der Waals surface area (Å²) >= 11 is 0. The van der Waals surface area contributed by atoms with Crippen LogP contribution in [-0.2, 0) is 0 Å². The van der Waals surface area contributed by atoms with Crippen LogP contribution in [0.2, 0.25) is 0 Å². The highest BCUT2D eigenvalue weighted by Crippen LogP contribution is 2.28. The van der Waals surface area contributed by atoms with Crippen LogP contribution >= 0.6 is 0 Å². The van der Waals surface area contributed by atoms with Gasteiger partial charge in [0.2, 0.25) is 5.88 Å². The Bertz CT molecular complexity index is 1020. The lowest BCUT2D eigenvalue weighted by Gasteiger charge is -2.33. The molecule has 8 nitrogen and oxygen atoms in total. The molecule has 1 aromatic carbocycles. The van der Waals surface area contributed by atoms with E-state index in [2.05, 4.69) is 15.2 Å². The van der Waals surface area contributed by atoms with Gasteiger partial charge in [-0.3, -0.25) is 4.79 Å². The van der Waals surface area contributed by atoms with Crippen molar-refractivity contribution in [1.29, 1.82) is 0 Å². The molecule has 3 aromatic rings. The second kappa shape index (κ2) is 8.14. The largest absolute Gasteiger partial charge is 0.490 e. The minimum absolute atomic E-state index is 0.0463. The van der Waals surface area contributed by atoms with Crippen molar-refractivity contribution in [2.75, 3.05) is 13.1 Å². The Hall–Kier alpha value is -3.42. The number of piperidine rings is 1. The Labute approximate surface area is 174 Å². The first-order valence-electron chi connectivity index (χ1n) is 10.3. The summed E-state index contributed by atoms with van der Waals surface area (Å²) in [4.78, 5) is 20.9. The van der Waals surface area contributed by atoms with Gasteiger partial charge in [0.15, 0.2) is 0 Å². The smallest absolute Gasteiger partial charge is 0.256 e. The van der Waals surface area contributed by atoms with E-state index in [0.717, 1.165) is 31.4 Å². The van der Waals surface area contributed by atoms with Crippen LogP contribution in [0.25, 0.3) is 5.69 Å². The van der Waals surface area contributed by atoms with E-state index in [1.807, 2.05) is 41.3 Å². The van der Waals surface area contributed by atoms with Crippen LogP contribution in [0.1, 0.15) is 36.0 Å².